The van der Waals surface area contributed by atoms with Crippen LogP contribution in [0.15, 0.2) is 33.0 Å². The fourth-order valence-electron chi connectivity index (χ4n) is 3.24. The standard InChI is InChI=1S/C17H18N4O2S3/c22-13(20-16-18-7-9-25-16)10-26-17-19-12-6-8-24-14(12)15(23)21(17)11-4-2-1-3-5-11/h6-9,11H,1-5,10H2,(H,18,20,22). The van der Waals surface area contributed by atoms with Gasteiger partial charge in [-0.15, -0.1) is 22.7 Å². The second-order valence-electron chi connectivity index (χ2n) is 6.17. The van der Waals surface area contributed by atoms with Gasteiger partial charge in [-0.3, -0.25) is 14.2 Å². The van der Waals surface area contributed by atoms with Gasteiger partial charge in [-0.25, -0.2) is 9.97 Å². The van der Waals surface area contributed by atoms with Crippen molar-refractivity contribution in [1.29, 1.82) is 0 Å². The lowest BCUT2D eigenvalue weighted by atomic mass is 9.95. The zero-order valence-corrected chi connectivity index (χ0v) is 16.5. The number of hydrogen-bond donors (Lipinski definition) is 1. The van der Waals surface area contributed by atoms with Gasteiger partial charge in [-0.2, -0.15) is 0 Å². The minimum atomic E-state index is -0.139. The first-order valence-corrected chi connectivity index (χ1v) is 11.3. The largest absolute Gasteiger partial charge is 0.301 e. The van der Waals surface area contributed by atoms with Crippen LogP contribution in [0.2, 0.25) is 0 Å². The predicted molar refractivity (Wildman–Crippen MR) is 107 cm³/mol. The first-order valence-electron chi connectivity index (χ1n) is 8.54. The average molecular weight is 407 g/mol. The molecule has 9 heteroatoms. The third kappa shape index (κ3) is 3.70. The van der Waals surface area contributed by atoms with E-state index in [0.29, 0.717) is 15.0 Å². The summed E-state index contributed by atoms with van der Waals surface area (Å²) in [5.41, 5.74) is 0.745. The summed E-state index contributed by atoms with van der Waals surface area (Å²) in [6, 6.07) is 2.05. The first kappa shape index (κ1) is 17.7. The highest BCUT2D eigenvalue weighted by molar-refractivity contribution is 7.99. The Bertz CT molecular complexity index is 958. The Kier molecular flexibility index (Phi) is 5.37. The Morgan fingerprint density at radius 1 is 1.27 bits per heavy atom. The van der Waals surface area contributed by atoms with Crippen LogP contribution in [0.3, 0.4) is 0 Å². The number of nitrogens with one attached hydrogen (secondary N) is 1. The van der Waals surface area contributed by atoms with Crippen LogP contribution in [0.1, 0.15) is 38.1 Å². The van der Waals surface area contributed by atoms with Crippen LogP contribution in [0.5, 0.6) is 0 Å². The Balaban J connectivity index is 1.60. The van der Waals surface area contributed by atoms with Crippen LogP contribution >= 0.6 is 34.4 Å². The molecular weight excluding hydrogens is 388 g/mol. The van der Waals surface area contributed by atoms with Gasteiger partial charge in [-0.05, 0) is 24.3 Å². The van der Waals surface area contributed by atoms with Crippen LogP contribution in [-0.2, 0) is 4.79 Å². The minimum absolute atomic E-state index is 0.0275. The van der Waals surface area contributed by atoms with E-state index in [4.69, 9.17) is 0 Å². The summed E-state index contributed by atoms with van der Waals surface area (Å²) in [7, 11) is 0. The van der Waals surface area contributed by atoms with Crippen molar-refractivity contribution in [2.75, 3.05) is 11.1 Å². The fraction of sp³-hybridized carbons (Fsp3) is 0.412. The fourth-order valence-corrected chi connectivity index (χ4v) is 5.42. The number of thioether (sulfide) groups is 1. The van der Waals surface area contributed by atoms with Gasteiger partial charge in [0.15, 0.2) is 10.3 Å². The van der Waals surface area contributed by atoms with Crippen molar-refractivity contribution in [1.82, 2.24) is 14.5 Å². The minimum Gasteiger partial charge on any atom is -0.301 e. The Labute approximate surface area is 162 Å². The van der Waals surface area contributed by atoms with Gasteiger partial charge in [0.05, 0.1) is 11.3 Å². The number of amides is 1. The summed E-state index contributed by atoms with van der Waals surface area (Å²) < 4.78 is 2.53. The third-order valence-corrected chi connectivity index (χ3v) is 6.96. The molecule has 0 spiro atoms. The second kappa shape index (κ2) is 7.89. The van der Waals surface area contributed by atoms with E-state index < -0.39 is 0 Å². The van der Waals surface area contributed by atoms with E-state index in [1.54, 1.807) is 6.20 Å². The molecule has 0 aromatic carbocycles. The molecule has 0 atom stereocenters. The zero-order valence-electron chi connectivity index (χ0n) is 14.0. The molecule has 1 amide bonds. The van der Waals surface area contributed by atoms with Gasteiger partial charge in [0.1, 0.15) is 4.70 Å². The normalized spacial score (nSPS) is 15.4. The highest BCUT2D eigenvalue weighted by Crippen LogP contribution is 2.31. The lowest BCUT2D eigenvalue weighted by molar-refractivity contribution is -0.113. The maximum absolute atomic E-state index is 13.0. The zero-order chi connectivity index (χ0) is 17.9. The van der Waals surface area contributed by atoms with Crippen molar-refractivity contribution >= 4 is 55.7 Å². The molecule has 1 saturated carbocycles. The highest BCUT2D eigenvalue weighted by atomic mass is 32.2. The summed E-state index contributed by atoms with van der Waals surface area (Å²) in [5.74, 6) is 0.0637. The molecule has 0 unspecified atom stereocenters. The maximum Gasteiger partial charge on any atom is 0.272 e. The van der Waals surface area contributed by atoms with Gasteiger partial charge < -0.3 is 5.32 Å². The molecule has 0 bridgehead atoms. The molecule has 0 radical (unpaired) electrons. The number of fused-ring (bicyclic) bond motifs is 1. The van der Waals surface area contributed by atoms with Crippen LogP contribution in [0, 0.1) is 0 Å². The van der Waals surface area contributed by atoms with Crippen LogP contribution in [0.25, 0.3) is 10.2 Å². The summed E-state index contributed by atoms with van der Waals surface area (Å²) in [4.78, 5) is 34.0. The maximum atomic E-state index is 13.0. The van der Waals surface area contributed by atoms with E-state index in [-0.39, 0.29) is 23.3 Å². The van der Waals surface area contributed by atoms with Crippen molar-refractivity contribution in [2.45, 2.75) is 43.3 Å². The number of aromatic nitrogens is 3. The van der Waals surface area contributed by atoms with Gasteiger partial charge >= 0.3 is 0 Å². The van der Waals surface area contributed by atoms with E-state index in [1.165, 1.54) is 40.9 Å². The SMILES string of the molecule is O=C(CSc1nc2ccsc2c(=O)n1C1CCCCC1)Nc1nccs1. The van der Waals surface area contributed by atoms with E-state index in [2.05, 4.69) is 15.3 Å². The quantitative estimate of drug-likeness (QED) is 0.509. The molecule has 26 heavy (non-hydrogen) atoms. The molecule has 1 aliphatic rings. The molecule has 6 nitrogen and oxygen atoms in total. The second-order valence-corrected chi connectivity index (χ2v) is 8.92. The van der Waals surface area contributed by atoms with Crippen molar-refractivity contribution in [2.24, 2.45) is 0 Å². The molecule has 0 saturated heterocycles. The number of nitrogens with zero attached hydrogens (tertiary/aromatic N) is 3. The van der Waals surface area contributed by atoms with E-state index in [9.17, 15) is 9.59 Å². The van der Waals surface area contributed by atoms with E-state index in [1.807, 2.05) is 21.4 Å². The molecule has 1 N–H and O–H groups in total. The lowest BCUT2D eigenvalue weighted by Gasteiger charge is -2.25. The van der Waals surface area contributed by atoms with Crippen molar-refractivity contribution in [3.8, 4) is 0 Å². The number of carbonyl (C=O) groups is 1. The number of carbonyl (C=O) groups excluding carboxylic acids is 1. The number of rotatable bonds is 5. The number of anilines is 1. The highest BCUT2D eigenvalue weighted by Gasteiger charge is 2.22. The Morgan fingerprint density at radius 3 is 2.88 bits per heavy atom. The summed E-state index contributed by atoms with van der Waals surface area (Å²) in [5, 5.41) is 7.71. The molecule has 1 aliphatic carbocycles. The van der Waals surface area contributed by atoms with Gasteiger partial charge in [0, 0.05) is 17.6 Å². The molecule has 3 aromatic heterocycles. The molecule has 4 rings (SSSR count). The van der Waals surface area contributed by atoms with Gasteiger partial charge in [0.25, 0.3) is 5.56 Å². The third-order valence-electron chi connectivity index (χ3n) is 4.43. The van der Waals surface area contributed by atoms with Gasteiger partial charge in [-0.1, -0.05) is 31.0 Å². The topological polar surface area (TPSA) is 76.9 Å². The van der Waals surface area contributed by atoms with Crippen molar-refractivity contribution in [3.63, 3.8) is 0 Å². The summed E-state index contributed by atoms with van der Waals surface area (Å²) in [6.07, 6.45) is 7.13. The first-order chi connectivity index (χ1) is 12.7. The predicted octanol–water partition coefficient (Wildman–Crippen LogP) is 4.15. The molecule has 3 aromatic rings. The van der Waals surface area contributed by atoms with Crippen LogP contribution in [-0.4, -0.2) is 26.2 Å². The van der Waals surface area contributed by atoms with Crippen molar-refractivity contribution < 1.29 is 4.79 Å². The molecule has 1 fully saturated rings. The molecule has 3 heterocycles. The van der Waals surface area contributed by atoms with Crippen LogP contribution in [0.4, 0.5) is 5.13 Å². The Hall–Kier alpha value is -1.71. The number of hydrogen-bond acceptors (Lipinski definition) is 7. The Morgan fingerprint density at radius 2 is 2.12 bits per heavy atom. The summed E-state index contributed by atoms with van der Waals surface area (Å²) >= 11 is 4.14. The van der Waals surface area contributed by atoms with E-state index in [0.717, 1.165) is 31.2 Å². The average Bonchev–Trinajstić information content (AvgIpc) is 3.32. The van der Waals surface area contributed by atoms with Crippen LogP contribution < -0.4 is 10.9 Å². The monoisotopic (exact) mass is 406 g/mol. The molecule has 136 valence electrons. The van der Waals surface area contributed by atoms with Gasteiger partial charge in [0.2, 0.25) is 5.91 Å². The molecule has 0 aliphatic heterocycles. The lowest BCUT2D eigenvalue weighted by Crippen LogP contribution is -2.29. The van der Waals surface area contributed by atoms with E-state index >= 15 is 0 Å². The number of thiazole rings is 1. The molecular formula is C17H18N4O2S3. The smallest absolute Gasteiger partial charge is 0.272 e. The summed E-state index contributed by atoms with van der Waals surface area (Å²) in [6.45, 7) is 0. The number of thiophene rings is 1. The van der Waals surface area contributed by atoms with Crippen molar-refractivity contribution in [3.05, 3.63) is 33.4 Å².